The quantitative estimate of drug-likeness (QED) is 0.464. The van der Waals surface area contributed by atoms with E-state index in [0.717, 1.165) is 30.2 Å². The lowest BCUT2D eigenvalue weighted by Crippen LogP contribution is -2.47. The second-order valence-corrected chi connectivity index (χ2v) is 10.1. The van der Waals surface area contributed by atoms with Crippen LogP contribution in [0, 0.1) is 5.82 Å². The summed E-state index contributed by atoms with van der Waals surface area (Å²) < 4.78 is 53.1. The highest BCUT2D eigenvalue weighted by atomic mass is 32.2. The Morgan fingerprint density at radius 2 is 1.62 bits per heavy atom. The minimum atomic E-state index is -3.80. The maximum Gasteiger partial charge on any atom is 0.264 e. The lowest BCUT2D eigenvalue weighted by molar-refractivity contribution is 0.204. The molecule has 1 saturated heterocycles. The van der Waals surface area contributed by atoms with E-state index >= 15 is 0 Å². The lowest BCUT2D eigenvalue weighted by Gasteiger charge is -2.39. The Morgan fingerprint density at radius 1 is 0.941 bits per heavy atom. The molecule has 180 valence electrons. The molecule has 0 N–H and O–H groups in total. The molecule has 0 atom stereocenters. The molecule has 1 aliphatic rings. The Morgan fingerprint density at radius 3 is 2.24 bits per heavy atom. The predicted molar refractivity (Wildman–Crippen MR) is 130 cm³/mol. The van der Waals surface area contributed by atoms with Crippen molar-refractivity contribution in [2.45, 2.75) is 30.3 Å². The summed E-state index contributed by atoms with van der Waals surface area (Å²) in [5.74, 6) is 1.10. The van der Waals surface area contributed by atoms with Crippen LogP contribution in [0.1, 0.15) is 18.4 Å². The molecule has 3 aromatic rings. The lowest BCUT2D eigenvalue weighted by atomic mass is 10.0. The van der Waals surface area contributed by atoms with E-state index in [1.165, 1.54) is 28.6 Å². The normalized spacial score (nSPS) is 15.1. The van der Waals surface area contributed by atoms with Crippen molar-refractivity contribution in [3.8, 4) is 11.5 Å². The van der Waals surface area contributed by atoms with Gasteiger partial charge in [0.15, 0.2) is 0 Å². The fraction of sp³-hybridized carbons (Fsp3) is 0.308. The van der Waals surface area contributed by atoms with Crippen LogP contribution in [-0.2, 0) is 16.6 Å². The SMILES string of the molecule is COc1ccc(CN2CCC(N(c3ccc(F)cc3)S(=O)(=O)c3ccccc3)CC2)c(OC)c1. The van der Waals surface area contributed by atoms with Gasteiger partial charge < -0.3 is 9.47 Å². The number of sulfonamides is 1. The van der Waals surface area contributed by atoms with Crippen molar-refractivity contribution < 1.29 is 22.3 Å². The van der Waals surface area contributed by atoms with Crippen LogP contribution in [0.25, 0.3) is 0 Å². The fourth-order valence-electron chi connectivity index (χ4n) is 4.38. The van der Waals surface area contributed by atoms with Crippen molar-refractivity contribution in [1.29, 1.82) is 0 Å². The Balaban J connectivity index is 1.54. The van der Waals surface area contributed by atoms with Crippen LogP contribution < -0.4 is 13.8 Å². The molecule has 8 heteroatoms. The first-order valence-corrected chi connectivity index (χ1v) is 12.6. The number of piperidine rings is 1. The Labute approximate surface area is 200 Å². The number of methoxy groups -OCH3 is 2. The van der Waals surface area contributed by atoms with Crippen LogP contribution >= 0.6 is 0 Å². The molecule has 4 rings (SSSR count). The summed E-state index contributed by atoms with van der Waals surface area (Å²) in [4.78, 5) is 2.52. The van der Waals surface area contributed by atoms with E-state index in [1.807, 2.05) is 18.2 Å². The highest BCUT2D eigenvalue weighted by Crippen LogP contribution is 2.32. The van der Waals surface area contributed by atoms with Crippen LogP contribution in [0.3, 0.4) is 0 Å². The number of nitrogens with zero attached hydrogens (tertiary/aromatic N) is 2. The zero-order chi connectivity index (χ0) is 24.1. The number of likely N-dealkylation sites (tertiary alicyclic amines) is 1. The first kappa shape index (κ1) is 24.0. The molecule has 0 aromatic heterocycles. The standard InChI is InChI=1S/C26H29FN2O4S/c1-32-24-13-8-20(26(18-24)33-2)19-28-16-14-23(15-17-28)29(22-11-9-21(27)10-12-22)34(30,31)25-6-4-3-5-7-25/h3-13,18,23H,14-17,19H2,1-2H3. The van der Waals surface area contributed by atoms with Gasteiger partial charge >= 0.3 is 0 Å². The molecule has 0 radical (unpaired) electrons. The van der Waals surface area contributed by atoms with E-state index in [4.69, 9.17) is 9.47 Å². The molecule has 0 aliphatic carbocycles. The van der Waals surface area contributed by atoms with E-state index < -0.39 is 15.8 Å². The molecule has 1 heterocycles. The van der Waals surface area contributed by atoms with Gasteiger partial charge in [-0.25, -0.2) is 12.8 Å². The minimum absolute atomic E-state index is 0.227. The topological polar surface area (TPSA) is 59.1 Å². The first-order chi connectivity index (χ1) is 16.4. The van der Waals surface area contributed by atoms with Gasteiger partial charge in [0.25, 0.3) is 10.0 Å². The summed E-state index contributed by atoms with van der Waals surface area (Å²) in [6, 6.07) is 19.6. The third-order valence-corrected chi connectivity index (χ3v) is 8.05. The summed E-state index contributed by atoms with van der Waals surface area (Å²) in [7, 11) is -0.544. The molecule has 34 heavy (non-hydrogen) atoms. The van der Waals surface area contributed by atoms with Crippen molar-refractivity contribution in [3.63, 3.8) is 0 Å². The number of halogens is 1. The van der Waals surface area contributed by atoms with Gasteiger partial charge in [-0.2, -0.15) is 0 Å². The van der Waals surface area contributed by atoms with Gasteiger partial charge in [0.05, 0.1) is 24.8 Å². The molecule has 0 bridgehead atoms. The van der Waals surface area contributed by atoms with E-state index in [9.17, 15) is 12.8 Å². The van der Waals surface area contributed by atoms with E-state index in [0.29, 0.717) is 25.1 Å². The number of benzene rings is 3. The predicted octanol–water partition coefficient (Wildman–Crippen LogP) is 4.70. The highest BCUT2D eigenvalue weighted by Gasteiger charge is 2.34. The summed E-state index contributed by atoms with van der Waals surface area (Å²) in [6.07, 6.45) is 1.31. The largest absolute Gasteiger partial charge is 0.497 e. The highest BCUT2D eigenvalue weighted by molar-refractivity contribution is 7.92. The number of ether oxygens (including phenoxy) is 2. The Hall–Kier alpha value is -3.10. The maximum atomic E-state index is 13.6. The van der Waals surface area contributed by atoms with E-state index in [1.54, 1.807) is 44.6 Å². The second-order valence-electron chi connectivity index (χ2n) is 8.28. The first-order valence-electron chi connectivity index (χ1n) is 11.2. The third-order valence-electron chi connectivity index (χ3n) is 6.16. The second kappa shape index (κ2) is 10.4. The average molecular weight is 485 g/mol. The zero-order valence-electron chi connectivity index (χ0n) is 19.4. The van der Waals surface area contributed by atoms with Gasteiger partial charge in [-0.15, -0.1) is 0 Å². The molecule has 0 amide bonds. The van der Waals surface area contributed by atoms with Crippen molar-refractivity contribution in [2.75, 3.05) is 31.6 Å². The van der Waals surface area contributed by atoms with Gasteiger partial charge in [-0.3, -0.25) is 9.21 Å². The summed E-state index contributed by atoms with van der Waals surface area (Å²) in [5, 5.41) is 0. The number of hydrogen-bond donors (Lipinski definition) is 0. The summed E-state index contributed by atoms with van der Waals surface area (Å²) >= 11 is 0. The molecule has 1 aliphatic heterocycles. The van der Waals surface area contributed by atoms with E-state index in [2.05, 4.69) is 4.90 Å². The average Bonchev–Trinajstić information content (AvgIpc) is 2.87. The fourth-order valence-corrected chi connectivity index (χ4v) is 6.11. The van der Waals surface area contributed by atoms with E-state index in [-0.39, 0.29) is 10.9 Å². The molecular weight excluding hydrogens is 455 g/mol. The molecular formula is C26H29FN2O4S. The number of rotatable bonds is 8. The third kappa shape index (κ3) is 5.18. The molecule has 3 aromatic carbocycles. The van der Waals surface area contributed by atoms with Crippen LogP contribution in [0.4, 0.5) is 10.1 Å². The van der Waals surface area contributed by atoms with Gasteiger partial charge in [0.2, 0.25) is 0 Å². The monoisotopic (exact) mass is 484 g/mol. The van der Waals surface area contributed by atoms with Crippen molar-refractivity contribution in [3.05, 3.63) is 84.2 Å². The molecule has 6 nitrogen and oxygen atoms in total. The van der Waals surface area contributed by atoms with Crippen molar-refractivity contribution in [1.82, 2.24) is 4.90 Å². The maximum absolute atomic E-state index is 13.6. The number of anilines is 1. The van der Waals surface area contributed by atoms with Gasteiger partial charge in [0.1, 0.15) is 17.3 Å². The molecule has 0 spiro atoms. The van der Waals surface area contributed by atoms with Gasteiger partial charge in [-0.1, -0.05) is 24.3 Å². The van der Waals surface area contributed by atoms with Crippen LogP contribution in [0.2, 0.25) is 0 Å². The molecule has 0 saturated carbocycles. The van der Waals surface area contributed by atoms with Crippen LogP contribution in [0.5, 0.6) is 11.5 Å². The molecule has 1 fully saturated rings. The summed E-state index contributed by atoms with van der Waals surface area (Å²) in [5.41, 5.74) is 1.52. The molecule has 0 unspecified atom stereocenters. The Bertz CT molecular complexity index is 1200. The Kier molecular flexibility index (Phi) is 7.38. The smallest absolute Gasteiger partial charge is 0.264 e. The van der Waals surface area contributed by atoms with Crippen LogP contribution in [0.15, 0.2) is 77.7 Å². The summed E-state index contributed by atoms with van der Waals surface area (Å²) in [6.45, 7) is 2.14. The van der Waals surface area contributed by atoms with Crippen molar-refractivity contribution in [2.24, 2.45) is 0 Å². The van der Waals surface area contributed by atoms with Gasteiger partial charge in [-0.05, 0) is 55.3 Å². The van der Waals surface area contributed by atoms with Crippen molar-refractivity contribution >= 4 is 15.7 Å². The van der Waals surface area contributed by atoms with Crippen LogP contribution in [-0.4, -0.2) is 46.7 Å². The zero-order valence-corrected chi connectivity index (χ0v) is 20.2. The minimum Gasteiger partial charge on any atom is -0.497 e. The van der Waals surface area contributed by atoms with Gasteiger partial charge in [0, 0.05) is 37.3 Å². The number of hydrogen-bond acceptors (Lipinski definition) is 5.